The first kappa shape index (κ1) is 26.8. The Kier molecular flexibility index (Phi) is 8.55. The van der Waals surface area contributed by atoms with Crippen LogP contribution in [0, 0.1) is 38.5 Å². The fourth-order valence-electron chi connectivity index (χ4n) is 3.23. The summed E-state index contributed by atoms with van der Waals surface area (Å²) in [7, 11) is 0. The number of nitro benzene ring substituents is 2. The number of anilines is 1. The summed E-state index contributed by atoms with van der Waals surface area (Å²) in [5.74, 6) is -0.620. The van der Waals surface area contributed by atoms with Crippen molar-refractivity contribution in [3.05, 3.63) is 96.0 Å². The van der Waals surface area contributed by atoms with Crippen LogP contribution in [0.2, 0.25) is 0 Å². The van der Waals surface area contributed by atoms with Crippen LogP contribution in [0.5, 0.6) is 17.2 Å². The number of halogens is 1. The molecule has 0 atom stereocenters. The summed E-state index contributed by atoms with van der Waals surface area (Å²) in [4.78, 5) is 33.6. The van der Waals surface area contributed by atoms with Gasteiger partial charge in [-0.05, 0) is 77.3 Å². The number of hydrogen-bond donors (Lipinski definition) is 1. The summed E-state index contributed by atoms with van der Waals surface area (Å²) in [6, 6.07) is 15.0. The van der Waals surface area contributed by atoms with Crippen molar-refractivity contribution in [2.75, 3.05) is 11.9 Å². The van der Waals surface area contributed by atoms with Crippen LogP contribution in [-0.4, -0.2) is 22.4 Å². The van der Waals surface area contributed by atoms with Crippen molar-refractivity contribution in [2.45, 2.75) is 13.8 Å². The molecule has 188 valence electrons. The fourth-order valence-corrected chi connectivity index (χ4v) is 3.77. The van der Waals surface area contributed by atoms with Crippen LogP contribution in [0.15, 0.2) is 64.6 Å². The van der Waals surface area contributed by atoms with Gasteiger partial charge in [0.2, 0.25) is 5.75 Å². The number of carbonyl (C=O) groups is 1. The lowest BCUT2D eigenvalue weighted by molar-refractivity contribution is -0.394. The highest BCUT2D eigenvalue weighted by atomic mass is 79.9. The first-order valence-electron chi connectivity index (χ1n) is 10.7. The Hall–Kier alpha value is -4.76. The van der Waals surface area contributed by atoms with Crippen LogP contribution in [0.1, 0.15) is 18.1 Å². The zero-order valence-electron chi connectivity index (χ0n) is 19.6. The van der Waals surface area contributed by atoms with Crippen LogP contribution in [0.25, 0.3) is 6.08 Å². The summed E-state index contributed by atoms with van der Waals surface area (Å²) in [6.07, 6.45) is 1.36. The van der Waals surface area contributed by atoms with E-state index < -0.39 is 27.1 Å². The third-order valence-corrected chi connectivity index (χ3v) is 5.43. The molecular formula is C25H19BrN4O7. The van der Waals surface area contributed by atoms with Crippen molar-refractivity contribution < 1.29 is 24.1 Å². The molecule has 0 aliphatic heterocycles. The lowest BCUT2D eigenvalue weighted by Crippen LogP contribution is -2.13. The minimum absolute atomic E-state index is 0.0682. The van der Waals surface area contributed by atoms with Crippen LogP contribution in [0.4, 0.5) is 17.1 Å². The molecule has 0 fully saturated rings. The van der Waals surface area contributed by atoms with Crippen molar-refractivity contribution in [3.63, 3.8) is 0 Å². The van der Waals surface area contributed by atoms with E-state index in [2.05, 4.69) is 21.2 Å². The van der Waals surface area contributed by atoms with E-state index in [1.807, 2.05) is 19.1 Å². The van der Waals surface area contributed by atoms with Crippen LogP contribution < -0.4 is 14.8 Å². The summed E-state index contributed by atoms with van der Waals surface area (Å²) in [5, 5.41) is 34.7. The highest BCUT2D eigenvalue weighted by Gasteiger charge is 2.24. The molecule has 0 saturated carbocycles. The Morgan fingerprint density at radius 2 is 1.86 bits per heavy atom. The Morgan fingerprint density at radius 3 is 2.49 bits per heavy atom. The summed E-state index contributed by atoms with van der Waals surface area (Å²) >= 11 is 3.34. The van der Waals surface area contributed by atoms with Gasteiger partial charge in [-0.15, -0.1) is 0 Å². The van der Waals surface area contributed by atoms with Crippen molar-refractivity contribution in [1.29, 1.82) is 5.26 Å². The molecule has 0 radical (unpaired) electrons. The second kappa shape index (κ2) is 11.8. The first-order chi connectivity index (χ1) is 17.6. The molecule has 0 aliphatic rings. The number of nitrogens with zero attached hydrogens (tertiary/aromatic N) is 3. The largest absolute Gasteiger partial charge is 0.490 e. The standard InChI is InChI=1S/C25H19BrN4O7/c1-3-36-23-12-16(10-17(14-27)25(31)28-18-6-4-5-15(2)9-18)11-20(26)24(23)37-22-8-7-19(29(32)33)13-21(22)30(34)35/h4-13H,3H2,1-2H3,(H,28,31)/b17-10-. The molecule has 3 aromatic carbocycles. The predicted octanol–water partition coefficient (Wildman–Crippen LogP) is 6.31. The third-order valence-electron chi connectivity index (χ3n) is 4.85. The molecule has 3 rings (SSSR count). The number of non-ortho nitro benzene ring substituents is 1. The van der Waals surface area contributed by atoms with E-state index in [0.717, 1.165) is 23.8 Å². The number of ether oxygens (including phenoxy) is 2. The minimum Gasteiger partial charge on any atom is -0.490 e. The molecule has 0 heterocycles. The van der Waals surface area contributed by atoms with E-state index in [-0.39, 0.29) is 29.4 Å². The summed E-state index contributed by atoms with van der Waals surface area (Å²) in [6.45, 7) is 3.79. The Labute approximate surface area is 219 Å². The second-order valence-electron chi connectivity index (χ2n) is 7.52. The van der Waals surface area contributed by atoms with Crippen LogP contribution in [0.3, 0.4) is 0 Å². The molecule has 0 aliphatic carbocycles. The highest BCUT2D eigenvalue weighted by Crippen LogP contribution is 2.43. The van der Waals surface area contributed by atoms with E-state index >= 15 is 0 Å². The SMILES string of the molecule is CCOc1cc(/C=C(/C#N)C(=O)Nc2cccc(C)c2)cc(Br)c1Oc1ccc([N+](=O)[O-])cc1[N+](=O)[O-]. The molecule has 1 N–H and O–H groups in total. The summed E-state index contributed by atoms with van der Waals surface area (Å²) < 4.78 is 11.7. The predicted molar refractivity (Wildman–Crippen MR) is 139 cm³/mol. The van der Waals surface area contributed by atoms with E-state index in [4.69, 9.17) is 9.47 Å². The zero-order valence-corrected chi connectivity index (χ0v) is 21.1. The topological polar surface area (TPSA) is 158 Å². The van der Waals surface area contributed by atoms with Gasteiger partial charge in [0.15, 0.2) is 11.5 Å². The lowest BCUT2D eigenvalue weighted by atomic mass is 10.1. The van der Waals surface area contributed by atoms with Crippen molar-refractivity contribution >= 4 is 45.0 Å². The van der Waals surface area contributed by atoms with Gasteiger partial charge in [-0.2, -0.15) is 5.26 Å². The van der Waals surface area contributed by atoms with E-state index in [1.54, 1.807) is 25.1 Å². The molecule has 11 nitrogen and oxygen atoms in total. The number of aryl methyl sites for hydroxylation is 1. The highest BCUT2D eigenvalue weighted by molar-refractivity contribution is 9.10. The van der Waals surface area contributed by atoms with Crippen molar-refractivity contribution in [3.8, 4) is 23.3 Å². The smallest absolute Gasteiger partial charge is 0.318 e. The van der Waals surface area contributed by atoms with Gasteiger partial charge >= 0.3 is 5.69 Å². The number of rotatable bonds is 9. The maximum Gasteiger partial charge on any atom is 0.318 e. The van der Waals surface area contributed by atoms with Gasteiger partial charge in [-0.3, -0.25) is 25.0 Å². The first-order valence-corrected chi connectivity index (χ1v) is 11.5. The number of nitro groups is 2. The molecule has 0 unspecified atom stereocenters. The zero-order chi connectivity index (χ0) is 27.1. The Balaban J connectivity index is 1.98. The number of carbonyl (C=O) groups excluding carboxylic acids is 1. The Morgan fingerprint density at radius 1 is 1.11 bits per heavy atom. The van der Waals surface area contributed by atoms with Gasteiger partial charge in [0.1, 0.15) is 11.6 Å². The monoisotopic (exact) mass is 566 g/mol. The molecule has 1 amide bonds. The number of benzene rings is 3. The van der Waals surface area contributed by atoms with Gasteiger partial charge in [-0.1, -0.05) is 12.1 Å². The molecule has 0 bridgehead atoms. The van der Waals surface area contributed by atoms with Gasteiger partial charge in [0.25, 0.3) is 11.6 Å². The average Bonchev–Trinajstić information content (AvgIpc) is 2.84. The lowest BCUT2D eigenvalue weighted by Gasteiger charge is -2.14. The van der Waals surface area contributed by atoms with Gasteiger partial charge < -0.3 is 14.8 Å². The normalized spacial score (nSPS) is 10.8. The number of nitriles is 1. The fraction of sp³-hybridized carbons (Fsp3) is 0.120. The molecule has 0 aromatic heterocycles. The minimum atomic E-state index is -0.792. The van der Waals surface area contributed by atoms with Crippen LogP contribution in [-0.2, 0) is 4.79 Å². The van der Waals surface area contributed by atoms with E-state index in [9.17, 15) is 30.3 Å². The molecule has 12 heteroatoms. The second-order valence-corrected chi connectivity index (χ2v) is 8.38. The maximum absolute atomic E-state index is 12.7. The molecule has 0 spiro atoms. The van der Waals surface area contributed by atoms with Crippen LogP contribution >= 0.6 is 15.9 Å². The quantitative estimate of drug-likeness (QED) is 0.136. The third kappa shape index (κ3) is 6.68. The van der Waals surface area contributed by atoms with Gasteiger partial charge in [0, 0.05) is 11.8 Å². The average molecular weight is 567 g/mol. The van der Waals surface area contributed by atoms with Gasteiger partial charge in [-0.25, -0.2) is 0 Å². The Bertz CT molecular complexity index is 1460. The number of nitrogens with one attached hydrogen (secondary N) is 1. The molecule has 0 saturated heterocycles. The van der Waals surface area contributed by atoms with E-state index in [0.29, 0.717) is 15.7 Å². The molecule has 37 heavy (non-hydrogen) atoms. The summed E-state index contributed by atoms with van der Waals surface area (Å²) in [5.41, 5.74) is 0.654. The van der Waals surface area contributed by atoms with Crippen molar-refractivity contribution in [2.24, 2.45) is 0 Å². The van der Waals surface area contributed by atoms with E-state index in [1.165, 1.54) is 18.2 Å². The van der Waals surface area contributed by atoms with Gasteiger partial charge in [0.05, 0.1) is 27.0 Å². The maximum atomic E-state index is 12.7. The molecule has 3 aromatic rings. The molecular weight excluding hydrogens is 548 g/mol. The number of hydrogen-bond acceptors (Lipinski definition) is 8. The number of amides is 1. The van der Waals surface area contributed by atoms with Crippen molar-refractivity contribution in [1.82, 2.24) is 0 Å².